The molecule has 104 valence electrons. The Morgan fingerprint density at radius 3 is 2.59 bits per heavy atom. The minimum atomic E-state index is 0.505. The molecule has 0 radical (unpaired) electrons. The zero-order valence-electron chi connectivity index (χ0n) is 11.5. The summed E-state index contributed by atoms with van der Waals surface area (Å²) >= 11 is 0. The van der Waals surface area contributed by atoms with Crippen molar-refractivity contribution in [2.75, 3.05) is 5.32 Å². The zero-order chi connectivity index (χ0) is 14.5. The lowest BCUT2D eigenvalue weighted by atomic mass is 9.96. The molecule has 2 aromatic heterocycles. The van der Waals surface area contributed by atoms with E-state index in [4.69, 9.17) is 0 Å². The van der Waals surface area contributed by atoms with Crippen LogP contribution in [0.1, 0.15) is 11.1 Å². The Morgan fingerprint density at radius 1 is 0.864 bits per heavy atom. The van der Waals surface area contributed by atoms with Crippen LogP contribution < -0.4 is 5.32 Å². The average Bonchev–Trinajstić information content (AvgIpc) is 2.56. The van der Waals surface area contributed by atoms with E-state index in [1.54, 1.807) is 0 Å². The van der Waals surface area contributed by atoms with E-state index in [0.29, 0.717) is 11.2 Å². The van der Waals surface area contributed by atoms with Gasteiger partial charge in [0.2, 0.25) is 5.65 Å². The van der Waals surface area contributed by atoms with Crippen molar-refractivity contribution < 1.29 is 0 Å². The summed E-state index contributed by atoms with van der Waals surface area (Å²) in [5.74, 6) is 0.817. The van der Waals surface area contributed by atoms with Crippen LogP contribution in [0.25, 0.3) is 21.9 Å². The average molecular weight is 286 g/mol. The van der Waals surface area contributed by atoms with Gasteiger partial charge in [0.25, 0.3) is 0 Å². The van der Waals surface area contributed by atoms with Gasteiger partial charge in [-0.2, -0.15) is 0 Å². The second-order valence-corrected chi connectivity index (χ2v) is 5.38. The van der Waals surface area contributed by atoms with Gasteiger partial charge >= 0.3 is 0 Å². The van der Waals surface area contributed by atoms with Gasteiger partial charge in [-0.25, -0.2) is 4.98 Å². The van der Waals surface area contributed by atoms with Crippen molar-refractivity contribution in [3.8, 4) is 0 Å². The molecule has 6 nitrogen and oxygen atoms in total. The van der Waals surface area contributed by atoms with Crippen molar-refractivity contribution >= 4 is 33.4 Å². The number of anilines is 2. The van der Waals surface area contributed by atoms with Gasteiger partial charge in [-0.05, 0) is 45.0 Å². The van der Waals surface area contributed by atoms with Crippen LogP contribution in [-0.2, 0) is 6.42 Å². The number of nitrogens with zero attached hydrogens (tertiary/aromatic N) is 5. The van der Waals surface area contributed by atoms with E-state index >= 15 is 0 Å². The standard InChI is InChI=1S/C16H10N6/c1-2-4-10-7-13-11(5-9(10)3-1)6-12-8-14-16(18-15(12)17-13)20-22-21-19-14/h1-5,7-8H,6H2,(H,17,18,20,21). The third kappa shape index (κ3) is 1.64. The van der Waals surface area contributed by atoms with Crippen molar-refractivity contribution in [2.45, 2.75) is 6.42 Å². The van der Waals surface area contributed by atoms with Crippen molar-refractivity contribution in [2.24, 2.45) is 0 Å². The molecule has 4 aromatic rings. The van der Waals surface area contributed by atoms with E-state index in [-0.39, 0.29) is 0 Å². The van der Waals surface area contributed by atoms with Crippen LogP contribution in [0.2, 0.25) is 0 Å². The third-order valence-corrected chi connectivity index (χ3v) is 4.00. The maximum absolute atomic E-state index is 4.51. The highest BCUT2D eigenvalue weighted by Gasteiger charge is 2.18. The SMILES string of the molecule is c1ccc2cc3c(cc2c1)Cc1cc2nnnnc2nc1N3. The lowest BCUT2D eigenvalue weighted by Crippen LogP contribution is -2.10. The van der Waals surface area contributed by atoms with Gasteiger partial charge in [0, 0.05) is 17.7 Å². The number of aromatic nitrogens is 5. The number of benzene rings is 2. The quantitative estimate of drug-likeness (QED) is 0.471. The summed E-state index contributed by atoms with van der Waals surface area (Å²) in [6, 6.07) is 14.7. The van der Waals surface area contributed by atoms with Crippen molar-refractivity contribution in [3.63, 3.8) is 0 Å². The number of fused-ring (bicyclic) bond motifs is 4. The molecule has 0 atom stereocenters. The van der Waals surface area contributed by atoms with E-state index in [2.05, 4.69) is 61.3 Å². The second-order valence-electron chi connectivity index (χ2n) is 5.38. The topological polar surface area (TPSA) is 76.5 Å². The van der Waals surface area contributed by atoms with E-state index in [1.807, 2.05) is 12.1 Å². The molecule has 2 aromatic carbocycles. The highest BCUT2D eigenvalue weighted by Crippen LogP contribution is 2.35. The molecule has 0 unspecified atom stereocenters. The smallest absolute Gasteiger partial charge is 0.206 e. The Kier molecular flexibility index (Phi) is 2.18. The molecule has 1 aliphatic heterocycles. The molecule has 5 rings (SSSR count). The maximum Gasteiger partial charge on any atom is 0.206 e. The predicted octanol–water partition coefficient (Wildman–Crippen LogP) is 2.62. The fourth-order valence-corrected chi connectivity index (χ4v) is 2.94. The van der Waals surface area contributed by atoms with E-state index in [0.717, 1.165) is 23.5 Å². The van der Waals surface area contributed by atoms with Gasteiger partial charge in [-0.15, -0.1) is 10.2 Å². The van der Waals surface area contributed by atoms with Gasteiger partial charge in [0.05, 0.1) is 0 Å². The van der Waals surface area contributed by atoms with Gasteiger partial charge in [-0.3, -0.25) is 0 Å². The van der Waals surface area contributed by atoms with E-state index < -0.39 is 0 Å². The van der Waals surface area contributed by atoms with Crippen LogP contribution in [0.15, 0.2) is 42.5 Å². The molecular weight excluding hydrogens is 276 g/mol. The third-order valence-electron chi connectivity index (χ3n) is 4.00. The number of rotatable bonds is 0. The summed E-state index contributed by atoms with van der Waals surface area (Å²) in [7, 11) is 0. The van der Waals surface area contributed by atoms with Crippen molar-refractivity contribution in [3.05, 3.63) is 53.6 Å². The summed E-state index contributed by atoms with van der Waals surface area (Å²) < 4.78 is 0. The maximum atomic E-state index is 4.51. The molecule has 0 spiro atoms. The first-order chi connectivity index (χ1) is 10.9. The Hall–Kier alpha value is -3.15. The summed E-state index contributed by atoms with van der Waals surface area (Å²) in [4.78, 5) is 4.51. The zero-order valence-corrected chi connectivity index (χ0v) is 11.5. The Morgan fingerprint density at radius 2 is 1.68 bits per heavy atom. The molecule has 1 N–H and O–H groups in total. The largest absolute Gasteiger partial charge is 0.340 e. The number of pyridine rings is 1. The van der Waals surface area contributed by atoms with E-state index in [1.165, 1.54) is 16.3 Å². The normalized spacial score (nSPS) is 12.7. The van der Waals surface area contributed by atoms with Gasteiger partial charge in [0.1, 0.15) is 11.3 Å². The molecule has 0 fully saturated rings. The minimum Gasteiger partial charge on any atom is -0.340 e. The Balaban J connectivity index is 1.71. The highest BCUT2D eigenvalue weighted by atomic mass is 15.4. The molecule has 0 saturated heterocycles. The molecule has 0 saturated carbocycles. The van der Waals surface area contributed by atoms with Crippen LogP contribution in [0.3, 0.4) is 0 Å². The summed E-state index contributed by atoms with van der Waals surface area (Å²) in [6.07, 6.45) is 0.815. The number of hydrogen-bond acceptors (Lipinski definition) is 6. The molecule has 22 heavy (non-hydrogen) atoms. The van der Waals surface area contributed by atoms with Crippen molar-refractivity contribution in [1.82, 2.24) is 25.6 Å². The number of hydrogen-bond donors (Lipinski definition) is 1. The summed E-state index contributed by atoms with van der Waals surface area (Å²) in [5.41, 5.74) is 4.61. The molecule has 0 aliphatic carbocycles. The summed E-state index contributed by atoms with van der Waals surface area (Å²) in [6.45, 7) is 0. The summed E-state index contributed by atoms with van der Waals surface area (Å²) in [5, 5.41) is 20.9. The number of nitrogens with one attached hydrogen (secondary N) is 1. The molecular formula is C16H10N6. The van der Waals surface area contributed by atoms with Crippen LogP contribution in [0.5, 0.6) is 0 Å². The monoisotopic (exact) mass is 286 g/mol. The van der Waals surface area contributed by atoms with E-state index in [9.17, 15) is 0 Å². The first-order valence-electron chi connectivity index (χ1n) is 7.01. The second kappa shape index (κ2) is 4.17. The molecule has 3 heterocycles. The minimum absolute atomic E-state index is 0.505. The van der Waals surface area contributed by atoms with Gasteiger partial charge in [0.15, 0.2) is 0 Å². The first-order valence-corrected chi connectivity index (χ1v) is 7.01. The van der Waals surface area contributed by atoms with Gasteiger partial charge < -0.3 is 5.32 Å². The van der Waals surface area contributed by atoms with Crippen LogP contribution in [-0.4, -0.2) is 25.6 Å². The lowest BCUT2D eigenvalue weighted by Gasteiger charge is -2.21. The molecule has 0 bridgehead atoms. The lowest BCUT2D eigenvalue weighted by molar-refractivity contribution is 0.789. The fraction of sp³-hybridized carbons (Fsp3) is 0.0625. The molecule has 1 aliphatic rings. The van der Waals surface area contributed by atoms with Crippen LogP contribution in [0, 0.1) is 0 Å². The van der Waals surface area contributed by atoms with Crippen LogP contribution in [0.4, 0.5) is 11.5 Å². The van der Waals surface area contributed by atoms with Crippen molar-refractivity contribution in [1.29, 1.82) is 0 Å². The highest BCUT2D eigenvalue weighted by molar-refractivity contribution is 5.90. The first kappa shape index (κ1) is 11.5. The Labute approximate surface area is 125 Å². The molecule has 0 amide bonds. The molecule has 6 heteroatoms. The predicted molar refractivity (Wildman–Crippen MR) is 83.0 cm³/mol. The van der Waals surface area contributed by atoms with Gasteiger partial charge in [-0.1, -0.05) is 24.3 Å². The Bertz CT molecular complexity index is 877. The van der Waals surface area contributed by atoms with Crippen LogP contribution >= 0.6 is 0 Å². The fourth-order valence-electron chi connectivity index (χ4n) is 2.94.